The summed E-state index contributed by atoms with van der Waals surface area (Å²) in [7, 11) is 0. The van der Waals surface area contributed by atoms with E-state index in [1.807, 2.05) is 0 Å². The Kier molecular flexibility index (Phi) is 4.64. The van der Waals surface area contributed by atoms with E-state index in [4.69, 9.17) is 6.42 Å². The van der Waals surface area contributed by atoms with Crippen LogP contribution in [0.25, 0.3) is 0 Å². The highest BCUT2D eigenvalue weighted by molar-refractivity contribution is 5.37. The van der Waals surface area contributed by atoms with Crippen molar-refractivity contribution in [3.05, 3.63) is 18.3 Å². The number of nitrogens with one attached hydrogen (secondary N) is 1. The number of aromatic nitrogens is 1. The molecule has 0 aliphatic rings. The third-order valence-electron chi connectivity index (χ3n) is 1.77. The summed E-state index contributed by atoms with van der Waals surface area (Å²) >= 11 is 0. The van der Waals surface area contributed by atoms with E-state index in [0.717, 1.165) is 12.6 Å². The second kappa shape index (κ2) is 5.99. The van der Waals surface area contributed by atoms with Gasteiger partial charge in [0, 0.05) is 13.0 Å². The molecule has 1 rings (SSSR count). The molecule has 92 valence electrons. The van der Waals surface area contributed by atoms with Crippen LogP contribution in [-0.4, -0.2) is 17.9 Å². The Bertz CT molecular complexity index is 381. The van der Waals surface area contributed by atoms with Crippen molar-refractivity contribution < 1.29 is 17.9 Å². The normalized spacial score (nSPS) is 10.7. The molecule has 6 heteroatoms. The maximum Gasteiger partial charge on any atom is 0.573 e. The lowest BCUT2D eigenvalue weighted by molar-refractivity contribution is -0.274. The Morgan fingerprint density at radius 3 is 2.71 bits per heavy atom. The zero-order valence-corrected chi connectivity index (χ0v) is 8.92. The third kappa shape index (κ3) is 5.66. The van der Waals surface area contributed by atoms with Crippen molar-refractivity contribution in [2.45, 2.75) is 19.2 Å². The minimum atomic E-state index is -4.69. The van der Waals surface area contributed by atoms with Crippen molar-refractivity contribution in [3.63, 3.8) is 0 Å². The lowest BCUT2D eigenvalue weighted by atomic mass is 10.3. The van der Waals surface area contributed by atoms with Gasteiger partial charge in [0.05, 0.1) is 6.20 Å². The van der Waals surface area contributed by atoms with Crippen LogP contribution >= 0.6 is 0 Å². The summed E-state index contributed by atoms with van der Waals surface area (Å²) in [6, 6.07) is 2.61. The largest absolute Gasteiger partial charge is 0.573 e. The molecular weight excluding hydrogens is 233 g/mol. The topological polar surface area (TPSA) is 34.1 Å². The van der Waals surface area contributed by atoms with E-state index < -0.39 is 6.36 Å². The molecule has 1 aromatic heterocycles. The van der Waals surface area contributed by atoms with Crippen LogP contribution in [0.4, 0.5) is 19.0 Å². The first kappa shape index (κ1) is 13.2. The van der Waals surface area contributed by atoms with E-state index in [1.54, 1.807) is 0 Å². The number of ether oxygens (including phenoxy) is 1. The zero-order chi connectivity index (χ0) is 12.7. The lowest BCUT2D eigenvalue weighted by Crippen LogP contribution is -2.17. The molecule has 0 unspecified atom stereocenters. The molecule has 1 aromatic rings. The van der Waals surface area contributed by atoms with Crippen LogP contribution < -0.4 is 10.1 Å². The molecule has 0 atom stereocenters. The number of hydrogen-bond acceptors (Lipinski definition) is 3. The zero-order valence-electron chi connectivity index (χ0n) is 8.92. The number of halogens is 3. The summed E-state index contributed by atoms with van der Waals surface area (Å²) in [4.78, 5) is 3.77. The second-order valence-corrected chi connectivity index (χ2v) is 3.16. The van der Waals surface area contributed by atoms with Gasteiger partial charge in [0.25, 0.3) is 0 Å². The number of terminal acetylenes is 1. The molecule has 0 amide bonds. The monoisotopic (exact) mass is 244 g/mol. The number of anilines is 1. The van der Waals surface area contributed by atoms with Gasteiger partial charge in [-0.2, -0.15) is 0 Å². The van der Waals surface area contributed by atoms with Crippen LogP contribution in [0.2, 0.25) is 0 Å². The fourth-order valence-electron chi connectivity index (χ4n) is 1.09. The first-order chi connectivity index (χ1) is 8.01. The molecule has 1 N–H and O–H groups in total. The van der Waals surface area contributed by atoms with Gasteiger partial charge in [0.1, 0.15) is 11.6 Å². The van der Waals surface area contributed by atoms with E-state index in [1.165, 1.54) is 12.1 Å². The molecule has 0 aliphatic carbocycles. The molecule has 17 heavy (non-hydrogen) atoms. The van der Waals surface area contributed by atoms with Gasteiger partial charge in [-0.05, 0) is 18.6 Å². The van der Waals surface area contributed by atoms with Gasteiger partial charge in [-0.3, -0.25) is 0 Å². The molecule has 0 fully saturated rings. The Hall–Kier alpha value is -1.90. The molecule has 3 nitrogen and oxygen atoms in total. The molecule has 0 saturated heterocycles. The summed E-state index contributed by atoms with van der Waals surface area (Å²) in [5.41, 5.74) is 0. The van der Waals surface area contributed by atoms with Crippen LogP contribution in [0.15, 0.2) is 18.3 Å². The number of pyridine rings is 1. The van der Waals surface area contributed by atoms with Gasteiger partial charge in [0.2, 0.25) is 0 Å². The first-order valence-electron chi connectivity index (χ1n) is 4.90. The predicted molar refractivity (Wildman–Crippen MR) is 57.5 cm³/mol. The second-order valence-electron chi connectivity index (χ2n) is 3.16. The maximum atomic E-state index is 11.8. The van der Waals surface area contributed by atoms with Crippen LogP contribution in [0, 0.1) is 12.3 Å². The summed E-state index contributed by atoms with van der Waals surface area (Å²) in [5, 5.41) is 2.93. The Labute approximate surface area is 97.0 Å². The van der Waals surface area contributed by atoms with Crippen LogP contribution in [0.1, 0.15) is 12.8 Å². The van der Waals surface area contributed by atoms with Crippen molar-refractivity contribution in [2.75, 3.05) is 11.9 Å². The summed E-state index contributed by atoms with van der Waals surface area (Å²) < 4.78 is 39.2. The van der Waals surface area contributed by atoms with Crippen LogP contribution in [0.5, 0.6) is 5.75 Å². The van der Waals surface area contributed by atoms with E-state index in [9.17, 15) is 13.2 Å². The van der Waals surface area contributed by atoms with E-state index in [2.05, 4.69) is 21.0 Å². The van der Waals surface area contributed by atoms with E-state index in [0.29, 0.717) is 18.8 Å². The fraction of sp³-hybridized carbons (Fsp3) is 0.364. The maximum absolute atomic E-state index is 11.8. The minimum Gasteiger partial charge on any atom is -0.404 e. The number of alkyl halides is 3. The molecule has 1 heterocycles. The van der Waals surface area contributed by atoms with Crippen LogP contribution in [-0.2, 0) is 0 Å². The van der Waals surface area contributed by atoms with Gasteiger partial charge in [-0.1, -0.05) is 0 Å². The number of hydrogen-bond donors (Lipinski definition) is 1. The molecule has 0 radical (unpaired) electrons. The highest BCUT2D eigenvalue weighted by Crippen LogP contribution is 2.22. The van der Waals surface area contributed by atoms with Crippen molar-refractivity contribution >= 4 is 5.82 Å². The standard InChI is InChI=1S/C11H11F3N2O/c1-2-3-4-7-15-10-6-5-9(8-16-10)17-11(12,13)14/h1,5-6,8H,3-4,7H2,(H,15,16). The molecule has 0 aliphatic heterocycles. The fourth-order valence-corrected chi connectivity index (χ4v) is 1.09. The lowest BCUT2D eigenvalue weighted by Gasteiger charge is -2.09. The number of rotatable bonds is 5. The highest BCUT2D eigenvalue weighted by Gasteiger charge is 2.31. The Balaban J connectivity index is 2.43. The summed E-state index contributed by atoms with van der Waals surface area (Å²) in [6.07, 6.45) is 2.81. The first-order valence-corrected chi connectivity index (χ1v) is 4.90. The molecule has 0 aromatic carbocycles. The summed E-state index contributed by atoms with van der Waals surface area (Å²) in [6.45, 7) is 0.622. The molecule has 0 saturated carbocycles. The minimum absolute atomic E-state index is 0.341. The van der Waals surface area contributed by atoms with Gasteiger partial charge in [-0.15, -0.1) is 25.5 Å². The van der Waals surface area contributed by atoms with Crippen molar-refractivity contribution in [1.82, 2.24) is 4.98 Å². The smallest absolute Gasteiger partial charge is 0.404 e. The van der Waals surface area contributed by atoms with Crippen molar-refractivity contribution in [2.24, 2.45) is 0 Å². The molecular formula is C11H11F3N2O. The average molecular weight is 244 g/mol. The Morgan fingerprint density at radius 1 is 1.41 bits per heavy atom. The summed E-state index contributed by atoms with van der Waals surface area (Å²) in [5.74, 6) is 2.63. The van der Waals surface area contributed by atoms with Gasteiger partial charge >= 0.3 is 6.36 Å². The number of unbranched alkanes of at least 4 members (excludes halogenated alkanes) is 1. The quantitative estimate of drug-likeness (QED) is 0.638. The third-order valence-corrected chi connectivity index (χ3v) is 1.77. The molecule has 0 bridgehead atoms. The van der Waals surface area contributed by atoms with Crippen molar-refractivity contribution in [3.8, 4) is 18.1 Å². The van der Waals surface area contributed by atoms with E-state index >= 15 is 0 Å². The van der Waals surface area contributed by atoms with Gasteiger partial charge in [0.15, 0.2) is 0 Å². The van der Waals surface area contributed by atoms with Crippen LogP contribution in [0.3, 0.4) is 0 Å². The predicted octanol–water partition coefficient (Wildman–Crippen LogP) is 2.81. The Morgan fingerprint density at radius 2 is 2.18 bits per heavy atom. The SMILES string of the molecule is C#CCCCNc1ccc(OC(F)(F)F)cn1. The molecule has 0 spiro atoms. The van der Waals surface area contributed by atoms with Gasteiger partial charge < -0.3 is 10.1 Å². The highest BCUT2D eigenvalue weighted by atomic mass is 19.4. The van der Waals surface area contributed by atoms with Gasteiger partial charge in [-0.25, -0.2) is 4.98 Å². The number of nitrogens with zero attached hydrogens (tertiary/aromatic N) is 1. The van der Waals surface area contributed by atoms with E-state index in [-0.39, 0.29) is 5.75 Å². The van der Waals surface area contributed by atoms with Crippen molar-refractivity contribution in [1.29, 1.82) is 0 Å². The average Bonchev–Trinajstić information content (AvgIpc) is 2.25.